The molecule has 0 saturated heterocycles. The van der Waals surface area contributed by atoms with Crippen molar-refractivity contribution in [1.82, 2.24) is 24.9 Å². The largest absolute Gasteiger partial charge is 0.395 e. The molecule has 3 rings (SSSR count). The minimum absolute atomic E-state index is 0.0219. The van der Waals surface area contributed by atoms with E-state index in [9.17, 15) is 18.4 Å². The molecule has 0 fully saturated rings. The number of aromatic nitrogens is 4. The van der Waals surface area contributed by atoms with Gasteiger partial charge in [-0.25, -0.2) is 8.78 Å². The van der Waals surface area contributed by atoms with Gasteiger partial charge in [0.2, 0.25) is 0 Å². The highest BCUT2D eigenvalue weighted by Gasteiger charge is 2.18. The maximum atomic E-state index is 12.8. The second-order valence-electron chi connectivity index (χ2n) is 5.93. The van der Waals surface area contributed by atoms with Gasteiger partial charge in [0.05, 0.1) is 24.7 Å². The van der Waals surface area contributed by atoms with Crippen LogP contribution in [-0.2, 0) is 7.05 Å². The van der Waals surface area contributed by atoms with Crippen LogP contribution in [0.4, 0.5) is 8.78 Å². The van der Waals surface area contributed by atoms with Crippen molar-refractivity contribution in [3.8, 4) is 16.9 Å². The first kappa shape index (κ1) is 19.4. The highest BCUT2D eigenvalue weighted by atomic mass is 19.3. The maximum Gasteiger partial charge on any atom is 0.284 e. The molecule has 0 bridgehead atoms. The fourth-order valence-corrected chi connectivity index (χ4v) is 2.55. The number of hydrogen-bond donors (Lipinski definition) is 2. The van der Waals surface area contributed by atoms with Crippen LogP contribution in [0.1, 0.15) is 22.3 Å². The first-order chi connectivity index (χ1) is 13.4. The molecule has 0 aliphatic carbocycles. The number of hydrogen-bond acceptors (Lipinski definition) is 5. The van der Waals surface area contributed by atoms with Crippen LogP contribution in [0.15, 0.2) is 47.5 Å². The number of benzene rings is 1. The van der Waals surface area contributed by atoms with E-state index < -0.39 is 17.9 Å². The van der Waals surface area contributed by atoms with Crippen molar-refractivity contribution >= 4 is 5.91 Å². The summed E-state index contributed by atoms with van der Waals surface area (Å²) in [6, 6.07) is 6.69. The standard InChI is InChI=1S/C18H17F2N5O3/c1-24-10-13(9-22-24)25-18(28)14(17(27)21-6-7-26)8-15(23-25)11-2-4-12(5-3-11)16(19)20/h2-5,8-10,16,26H,6-7H2,1H3,(H,21,27). The zero-order chi connectivity index (χ0) is 20.3. The van der Waals surface area contributed by atoms with E-state index in [2.05, 4.69) is 15.5 Å². The molecule has 0 aliphatic rings. The molecule has 0 radical (unpaired) electrons. The van der Waals surface area contributed by atoms with E-state index in [1.54, 1.807) is 13.2 Å². The van der Waals surface area contributed by atoms with Gasteiger partial charge in [0.15, 0.2) is 0 Å². The number of aliphatic hydroxyl groups is 1. The van der Waals surface area contributed by atoms with Gasteiger partial charge in [-0.3, -0.25) is 14.3 Å². The molecular formula is C18H17F2N5O3. The summed E-state index contributed by atoms with van der Waals surface area (Å²) in [5.41, 5.74) is 0.0355. The van der Waals surface area contributed by atoms with Gasteiger partial charge in [0.1, 0.15) is 11.3 Å². The Bertz CT molecular complexity index is 1040. The first-order valence-corrected chi connectivity index (χ1v) is 8.31. The lowest BCUT2D eigenvalue weighted by atomic mass is 10.1. The molecule has 1 amide bonds. The van der Waals surface area contributed by atoms with Crippen molar-refractivity contribution in [2.75, 3.05) is 13.2 Å². The average Bonchev–Trinajstić information content (AvgIpc) is 3.12. The molecule has 0 saturated carbocycles. The zero-order valence-electron chi connectivity index (χ0n) is 14.8. The molecule has 2 heterocycles. The van der Waals surface area contributed by atoms with Crippen LogP contribution < -0.4 is 10.9 Å². The third-order valence-corrected chi connectivity index (χ3v) is 3.95. The van der Waals surface area contributed by atoms with E-state index in [0.717, 1.165) is 4.68 Å². The molecule has 0 aliphatic heterocycles. The number of carbonyl (C=O) groups excluding carboxylic acids is 1. The fraction of sp³-hybridized carbons (Fsp3) is 0.222. The topological polar surface area (TPSA) is 102 Å². The zero-order valence-corrected chi connectivity index (χ0v) is 14.8. The van der Waals surface area contributed by atoms with Crippen molar-refractivity contribution in [2.45, 2.75) is 6.43 Å². The van der Waals surface area contributed by atoms with Crippen LogP contribution >= 0.6 is 0 Å². The molecular weight excluding hydrogens is 372 g/mol. The molecule has 0 spiro atoms. The van der Waals surface area contributed by atoms with Gasteiger partial charge in [-0.15, -0.1) is 0 Å². The molecule has 146 valence electrons. The Morgan fingerprint density at radius 1 is 1.29 bits per heavy atom. The number of aliphatic hydroxyl groups excluding tert-OH is 1. The quantitative estimate of drug-likeness (QED) is 0.662. The number of amides is 1. The second-order valence-corrected chi connectivity index (χ2v) is 5.93. The molecule has 10 heteroatoms. The van der Waals surface area contributed by atoms with Crippen LogP contribution in [0.5, 0.6) is 0 Å². The predicted molar refractivity (Wildman–Crippen MR) is 96.4 cm³/mol. The van der Waals surface area contributed by atoms with Gasteiger partial charge in [0, 0.05) is 24.7 Å². The van der Waals surface area contributed by atoms with Crippen LogP contribution in [0, 0.1) is 0 Å². The van der Waals surface area contributed by atoms with Crippen LogP contribution in [0.2, 0.25) is 0 Å². The summed E-state index contributed by atoms with van der Waals surface area (Å²) in [4.78, 5) is 25.1. The van der Waals surface area contributed by atoms with E-state index in [1.807, 2.05) is 0 Å². The van der Waals surface area contributed by atoms with Crippen molar-refractivity contribution in [1.29, 1.82) is 0 Å². The molecule has 3 aromatic rings. The van der Waals surface area contributed by atoms with E-state index in [-0.39, 0.29) is 30.0 Å². The van der Waals surface area contributed by atoms with Gasteiger partial charge < -0.3 is 10.4 Å². The Balaban J connectivity index is 2.14. The lowest BCUT2D eigenvalue weighted by Crippen LogP contribution is -2.35. The van der Waals surface area contributed by atoms with E-state index in [1.165, 1.54) is 41.2 Å². The molecule has 28 heavy (non-hydrogen) atoms. The number of carbonyl (C=O) groups is 1. The molecule has 2 N–H and O–H groups in total. The SMILES string of the molecule is Cn1cc(-n2nc(-c3ccc(C(F)F)cc3)cc(C(=O)NCCO)c2=O)cn1. The Morgan fingerprint density at radius 3 is 2.57 bits per heavy atom. The lowest BCUT2D eigenvalue weighted by molar-refractivity contribution is 0.0942. The highest BCUT2D eigenvalue weighted by molar-refractivity contribution is 5.94. The van der Waals surface area contributed by atoms with Gasteiger partial charge in [-0.05, 0) is 6.07 Å². The first-order valence-electron chi connectivity index (χ1n) is 8.31. The summed E-state index contributed by atoms with van der Waals surface area (Å²) in [5.74, 6) is -0.676. The van der Waals surface area contributed by atoms with Crippen molar-refractivity contribution in [3.05, 3.63) is 64.2 Å². The Hall–Kier alpha value is -3.40. The fourth-order valence-electron chi connectivity index (χ4n) is 2.55. The minimum atomic E-state index is -2.61. The van der Waals surface area contributed by atoms with Crippen molar-refractivity contribution in [3.63, 3.8) is 0 Å². The summed E-state index contributed by atoms with van der Waals surface area (Å²) < 4.78 is 28.1. The van der Waals surface area contributed by atoms with Crippen molar-refractivity contribution < 1.29 is 18.7 Å². The number of aryl methyl sites for hydroxylation is 1. The maximum absolute atomic E-state index is 12.8. The van der Waals surface area contributed by atoms with E-state index in [4.69, 9.17) is 5.11 Å². The highest BCUT2D eigenvalue weighted by Crippen LogP contribution is 2.23. The normalized spacial score (nSPS) is 11.0. The smallest absolute Gasteiger partial charge is 0.284 e. The molecule has 0 unspecified atom stereocenters. The molecule has 2 aromatic heterocycles. The Kier molecular flexibility index (Phi) is 5.59. The third-order valence-electron chi connectivity index (χ3n) is 3.95. The predicted octanol–water partition coefficient (Wildman–Crippen LogP) is 1.29. The van der Waals surface area contributed by atoms with Crippen LogP contribution in [0.3, 0.4) is 0 Å². The monoisotopic (exact) mass is 389 g/mol. The minimum Gasteiger partial charge on any atom is -0.395 e. The number of alkyl halides is 2. The number of rotatable bonds is 6. The Labute approximate surface area is 158 Å². The number of halogens is 2. The van der Waals surface area contributed by atoms with Gasteiger partial charge in [0.25, 0.3) is 17.9 Å². The second kappa shape index (κ2) is 8.09. The molecule has 0 atom stereocenters. The molecule has 8 nitrogen and oxygen atoms in total. The third kappa shape index (κ3) is 3.96. The summed E-state index contributed by atoms with van der Waals surface area (Å²) in [6.07, 6.45) is 0.354. The Morgan fingerprint density at radius 2 is 2.00 bits per heavy atom. The summed E-state index contributed by atoms with van der Waals surface area (Å²) in [5, 5.41) is 19.6. The summed E-state index contributed by atoms with van der Waals surface area (Å²) in [6.45, 7) is -0.304. The van der Waals surface area contributed by atoms with Gasteiger partial charge >= 0.3 is 0 Å². The van der Waals surface area contributed by atoms with E-state index in [0.29, 0.717) is 11.3 Å². The summed E-state index contributed by atoms with van der Waals surface area (Å²) in [7, 11) is 1.66. The van der Waals surface area contributed by atoms with Crippen molar-refractivity contribution in [2.24, 2.45) is 7.05 Å². The van der Waals surface area contributed by atoms with Crippen LogP contribution in [-0.4, -0.2) is 43.7 Å². The van der Waals surface area contributed by atoms with E-state index >= 15 is 0 Å². The molecule has 1 aromatic carbocycles. The summed E-state index contributed by atoms with van der Waals surface area (Å²) >= 11 is 0. The average molecular weight is 389 g/mol. The van der Waals surface area contributed by atoms with Gasteiger partial charge in [-0.1, -0.05) is 24.3 Å². The number of nitrogens with one attached hydrogen (secondary N) is 1. The number of nitrogens with zero attached hydrogens (tertiary/aromatic N) is 4. The van der Waals surface area contributed by atoms with Crippen LogP contribution in [0.25, 0.3) is 16.9 Å². The van der Waals surface area contributed by atoms with Gasteiger partial charge in [-0.2, -0.15) is 14.9 Å². The lowest BCUT2D eigenvalue weighted by Gasteiger charge is -2.10.